The number of unbranched alkanes of at least 4 members (excludes halogenated alkanes) is 6. The molecule has 142 valence electrons. The Hall–Kier alpha value is -1.15. The van der Waals surface area contributed by atoms with Crippen LogP contribution in [0, 0.1) is 0 Å². The zero-order valence-electron chi connectivity index (χ0n) is 14.8. The van der Waals surface area contributed by atoms with Gasteiger partial charge >= 0.3 is 5.97 Å². The van der Waals surface area contributed by atoms with Crippen LogP contribution in [-0.4, -0.2) is 43.2 Å². The minimum atomic E-state index is -4.68. The Morgan fingerprint density at radius 3 is 2.12 bits per heavy atom. The summed E-state index contributed by atoms with van der Waals surface area (Å²) in [7, 11) is -4.68. The molecule has 0 aromatic rings. The van der Waals surface area contributed by atoms with E-state index in [1.54, 1.807) is 0 Å². The SMILES string of the molecule is CCCCCCNC(=O)CC(C(=O)OCCCCCC)S(=O)(=O)O. The fourth-order valence-corrected chi connectivity index (χ4v) is 2.80. The smallest absolute Gasteiger partial charge is 0.327 e. The van der Waals surface area contributed by atoms with E-state index in [1.165, 1.54) is 0 Å². The van der Waals surface area contributed by atoms with Crippen LogP contribution in [0.2, 0.25) is 0 Å². The van der Waals surface area contributed by atoms with Crippen LogP contribution in [0.1, 0.15) is 71.6 Å². The lowest BCUT2D eigenvalue weighted by molar-refractivity contribution is -0.144. The molecule has 1 atom stereocenters. The van der Waals surface area contributed by atoms with Crippen molar-refractivity contribution in [3.63, 3.8) is 0 Å². The minimum absolute atomic E-state index is 0.0868. The molecule has 0 aliphatic carbocycles. The van der Waals surface area contributed by atoms with Gasteiger partial charge in [0.25, 0.3) is 10.1 Å². The van der Waals surface area contributed by atoms with Gasteiger partial charge in [0.15, 0.2) is 5.25 Å². The van der Waals surface area contributed by atoms with Gasteiger partial charge in [-0.2, -0.15) is 8.42 Å². The van der Waals surface area contributed by atoms with Crippen molar-refractivity contribution in [3.8, 4) is 0 Å². The Balaban J connectivity index is 4.31. The molecule has 0 aromatic heterocycles. The van der Waals surface area contributed by atoms with Gasteiger partial charge in [-0.1, -0.05) is 52.4 Å². The molecule has 0 saturated heterocycles. The third-order valence-corrected chi connectivity index (χ3v) is 4.67. The molecular formula is C16H31NO6S. The highest BCUT2D eigenvalue weighted by Crippen LogP contribution is 2.09. The highest BCUT2D eigenvalue weighted by Gasteiger charge is 2.34. The maximum atomic E-state index is 11.8. The average molecular weight is 365 g/mol. The zero-order valence-corrected chi connectivity index (χ0v) is 15.6. The van der Waals surface area contributed by atoms with Crippen molar-refractivity contribution in [1.82, 2.24) is 5.32 Å². The van der Waals surface area contributed by atoms with Crippen LogP contribution < -0.4 is 5.32 Å². The molecule has 24 heavy (non-hydrogen) atoms. The number of nitrogens with one attached hydrogen (secondary N) is 1. The molecule has 8 heteroatoms. The standard InChI is InChI=1S/C16H31NO6S/c1-3-5-7-9-11-17-15(18)13-14(24(20,21)22)16(19)23-12-10-8-6-4-2/h14H,3-13H2,1-2H3,(H,17,18)(H,20,21,22). The molecule has 0 heterocycles. The van der Waals surface area contributed by atoms with Crippen molar-refractivity contribution >= 4 is 22.0 Å². The molecular weight excluding hydrogens is 334 g/mol. The van der Waals surface area contributed by atoms with Crippen molar-refractivity contribution in [2.24, 2.45) is 0 Å². The maximum Gasteiger partial charge on any atom is 0.327 e. The van der Waals surface area contributed by atoms with Gasteiger partial charge in [-0.25, -0.2) is 0 Å². The van der Waals surface area contributed by atoms with E-state index in [1.807, 2.05) is 6.92 Å². The molecule has 0 aliphatic heterocycles. The first-order chi connectivity index (χ1) is 11.3. The van der Waals surface area contributed by atoms with Gasteiger partial charge in [-0.15, -0.1) is 0 Å². The molecule has 1 unspecified atom stereocenters. The van der Waals surface area contributed by atoms with Gasteiger partial charge < -0.3 is 10.1 Å². The fourth-order valence-electron chi connectivity index (χ4n) is 2.12. The lowest BCUT2D eigenvalue weighted by Crippen LogP contribution is -2.38. The number of rotatable bonds is 14. The number of amides is 1. The summed E-state index contributed by atoms with van der Waals surface area (Å²) in [6, 6.07) is 0. The van der Waals surface area contributed by atoms with E-state index in [-0.39, 0.29) is 6.61 Å². The van der Waals surface area contributed by atoms with Crippen LogP contribution in [0.4, 0.5) is 0 Å². The van der Waals surface area contributed by atoms with Gasteiger partial charge in [0, 0.05) is 6.54 Å². The van der Waals surface area contributed by atoms with E-state index >= 15 is 0 Å². The van der Waals surface area contributed by atoms with Crippen LogP contribution in [0.25, 0.3) is 0 Å². The summed E-state index contributed by atoms with van der Waals surface area (Å²) in [6.45, 7) is 4.62. The van der Waals surface area contributed by atoms with Gasteiger partial charge in [0.1, 0.15) is 0 Å². The van der Waals surface area contributed by atoms with Crippen LogP contribution >= 0.6 is 0 Å². The summed E-state index contributed by atoms with van der Waals surface area (Å²) in [5, 5.41) is 0.699. The molecule has 0 aliphatic rings. The first-order valence-corrected chi connectivity index (χ1v) is 10.2. The van der Waals surface area contributed by atoms with E-state index in [0.717, 1.165) is 44.9 Å². The number of ether oxygens (including phenoxy) is 1. The lowest BCUT2D eigenvalue weighted by Gasteiger charge is -2.13. The third-order valence-electron chi connectivity index (χ3n) is 3.59. The van der Waals surface area contributed by atoms with Gasteiger partial charge in [-0.05, 0) is 12.8 Å². The Morgan fingerprint density at radius 1 is 1.00 bits per heavy atom. The summed E-state index contributed by atoms with van der Waals surface area (Å²) in [5.41, 5.74) is 0. The second-order valence-corrected chi connectivity index (χ2v) is 7.45. The number of hydrogen-bond donors (Lipinski definition) is 2. The van der Waals surface area contributed by atoms with Crippen molar-refractivity contribution in [2.75, 3.05) is 13.2 Å². The third kappa shape index (κ3) is 11.4. The first kappa shape index (κ1) is 22.9. The Kier molecular flexibility index (Phi) is 12.5. The molecule has 0 bridgehead atoms. The molecule has 0 radical (unpaired) electrons. The van der Waals surface area contributed by atoms with Crippen LogP contribution in [0.5, 0.6) is 0 Å². The normalized spacial score (nSPS) is 12.6. The predicted octanol–water partition coefficient (Wildman–Crippen LogP) is 2.45. The van der Waals surface area contributed by atoms with Crippen molar-refractivity contribution in [1.29, 1.82) is 0 Å². The fraction of sp³-hybridized carbons (Fsp3) is 0.875. The Morgan fingerprint density at radius 2 is 1.58 bits per heavy atom. The summed E-state index contributed by atoms with van der Waals surface area (Å²) in [6.07, 6.45) is 6.80. The van der Waals surface area contributed by atoms with Crippen molar-refractivity contribution < 1.29 is 27.3 Å². The summed E-state index contributed by atoms with van der Waals surface area (Å²) >= 11 is 0. The summed E-state index contributed by atoms with van der Waals surface area (Å²) in [5.74, 6) is -1.66. The largest absolute Gasteiger partial charge is 0.465 e. The molecule has 7 nitrogen and oxygen atoms in total. The molecule has 0 spiro atoms. The highest BCUT2D eigenvalue weighted by atomic mass is 32.2. The van der Waals surface area contributed by atoms with E-state index in [4.69, 9.17) is 4.74 Å². The zero-order chi connectivity index (χ0) is 18.4. The number of carbonyl (C=O) groups excluding carboxylic acids is 2. The summed E-state index contributed by atoms with van der Waals surface area (Å²) in [4.78, 5) is 23.6. The Labute approximate surface area is 145 Å². The monoisotopic (exact) mass is 365 g/mol. The summed E-state index contributed by atoms with van der Waals surface area (Å²) < 4.78 is 36.7. The minimum Gasteiger partial charge on any atom is -0.465 e. The molecule has 0 aromatic carbocycles. The molecule has 1 amide bonds. The number of carbonyl (C=O) groups is 2. The van der Waals surface area contributed by atoms with Crippen molar-refractivity contribution in [3.05, 3.63) is 0 Å². The van der Waals surface area contributed by atoms with Crippen molar-refractivity contribution in [2.45, 2.75) is 76.9 Å². The first-order valence-electron chi connectivity index (χ1n) is 8.72. The topological polar surface area (TPSA) is 110 Å². The quantitative estimate of drug-likeness (QED) is 0.278. The van der Waals surface area contributed by atoms with Crippen LogP contribution in [-0.2, 0) is 24.4 Å². The van der Waals surface area contributed by atoms with E-state index in [9.17, 15) is 22.6 Å². The maximum absolute atomic E-state index is 11.8. The van der Waals surface area contributed by atoms with Gasteiger partial charge in [0.2, 0.25) is 5.91 Å². The Bertz CT molecular complexity index is 463. The molecule has 0 rings (SSSR count). The van der Waals surface area contributed by atoms with Gasteiger partial charge in [0.05, 0.1) is 13.0 Å². The van der Waals surface area contributed by atoms with Crippen LogP contribution in [0.3, 0.4) is 0 Å². The van der Waals surface area contributed by atoms with E-state index in [0.29, 0.717) is 13.0 Å². The average Bonchev–Trinajstić information content (AvgIpc) is 2.51. The second-order valence-electron chi connectivity index (χ2n) is 5.85. The molecule has 0 saturated carbocycles. The second kappa shape index (κ2) is 13.2. The van der Waals surface area contributed by atoms with E-state index < -0.39 is 33.7 Å². The molecule has 2 N–H and O–H groups in total. The predicted molar refractivity (Wildman–Crippen MR) is 92.2 cm³/mol. The van der Waals surface area contributed by atoms with E-state index in [2.05, 4.69) is 12.2 Å². The number of esters is 1. The highest BCUT2D eigenvalue weighted by molar-refractivity contribution is 7.87. The number of hydrogen-bond acceptors (Lipinski definition) is 5. The molecule has 0 fully saturated rings. The van der Waals surface area contributed by atoms with Crippen LogP contribution in [0.15, 0.2) is 0 Å². The lowest BCUT2D eigenvalue weighted by atomic mass is 10.2. The van der Waals surface area contributed by atoms with Gasteiger partial charge in [-0.3, -0.25) is 14.1 Å².